The average molecular weight is 196 g/mol. The normalized spacial score (nSPS) is 32.6. The highest BCUT2D eigenvalue weighted by molar-refractivity contribution is 5.78. The van der Waals surface area contributed by atoms with Crippen molar-refractivity contribution in [2.75, 3.05) is 13.1 Å². The zero-order valence-electron chi connectivity index (χ0n) is 8.88. The minimum absolute atomic E-state index is 0.255. The van der Waals surface area contributed by atoms with Crippen molar-refractivity contribution in [2.24, 2.45) is 11.8 Å². The van der Waals surface area contributed by atoms with Gasteiger partial charge in [0.25, 0.3) is 0 Å². The van der Waals surface area contributed by atoms with Gasteiger partial charge in [-0.3, -0.25) is 4.79 Å². The molecular formula is C11H20N2O. The Morgan fingerprint density at radius 1 is 1.43 bits per heavy atom. The second kappa shape index (κ2) is 4.30. The molecule has 0 radical (unpaired) electrons. The number of carbonyl (C=O) groups is 1. The van der Waals surface area contributed by atoms with Crippen molar-refractivity contribution in [3.63, 3.8) is 0 Å². The smallest absolute Gasteiger partial charge is 0.223 e. The van der Waals surface area contributed by atoms with Crippen LogP contribution in [0.3, 0.4) is 0 Å². The topological polar surface area (TPSA) is 41.1 Å². The van der Waals surface area contributed by atoms with Crippen LogP contribution in [-0.2, 0) is 4.79 Å². The van der Waals surface area contributed by atoms with Gasteiger partial charge < -0.3 is 10.6 Å². The van der Waals surface area contributed by atoms with Gasteiger partial charge in [0.15, 0.2) is 0 Å². The molecule has 2 rings (SSSR count). The van der Waals surface area contributed by atoms with Crippen molar-refractivity contribution >= 4 is 5.91 Å². The molecule has 0 bridgehead atoms. The summed E-state index contributed by atoms with van der Waals surface area (Å²) in [6, 6.07) is 0.500. The summed E-state index contributed by atoms with van der Waals surface area (Å²) < 4.78 is 0. The molecule has 3 nitrogen and oxygen atoms in total. The van der Waals surface area contributed by atoms with E-state index in [0.29, 0.717) is 6.04 Å². The Bertz CT molecular complexity index is 213. The van der Waals surface area contributed by atoms with E-state index in [1.165, 1.54) is 12.8 Å². The standard InChI is InChI=1S/C11H20N2O/c1-8-6-10(4-5-12-8)11(14)13-7-9-2-3-9/h8-10,12H,2-7H2,1H3,(H,13,14). The zero-order valence-corrected chi connectivity index (χ0v) is 8.88. The summed E-state index contributed by atoms with van der Waals surface area (Å²) >= 11 is 0. The summed E-state index contributed by atoms with van der Waals surface area (Å²) in [5.74, 6) is 1.33. The van der Waals surface area contributed by atoms with E-state index in [9.17, 15) is 4.79 Å². The van der Waals surface area contributed by atoms with Crippen LogP contribution in [-0.4, -0.2) is 25.0 Å². The first kappa shape index (κ1) is 9.97. The number of rotatable bonds is 3. The molecule has 1 amide bonds. The molecule has 2 fully saturated rings. The lowest BCUT2D eigenvalue weighted by Gasteiger charge is -2.27. The summed E-state index contributed by atoms with van der Waals surface area (Å²) in [6.45, 7) is 4.06. The molecule has 0 spiro atoms. The van der Waals surface area contributed by atoms with Gasteiger partial charge in [0.1, 0.15) is 0 Å². The molecule has 2 aliphatic rings. The molecule has 1 aliphatic carbocycles. The van der Waals surface area contributed by atoms with Gasteiger partial charge in [0.05, 0.1) is 0 Å². The predicted octanol–water partition coefficient (Wildman–Crippen LogP) is 0.901. The maximum absolute atomic E-state index is 11.7. The van der Waals surface area contributed by atoms with Gasteiger partial charge in [-0.15, -0.1) is 0 Å². The van der Waals surface area contributed by atoms with Gasteiger partial charge in [-0.25, -0.2) is 0 Å². The fraction of sp³-hybridized carbons (Fsp3) is 0.909. The fourth-order valence-corrected chi connectivity index (χ4v) is 2.08. The van der Waals surface area contributed by atoms with Crippen LogP contribution >= 0.6 is 0 Å². The minimum Gasteiger partial charge on any atom is -0.356 e. The van der Waals surface area contributed by atoms with Crippen LogP contribution in [0.2, 0.25) is 0 Å². The molecule has 2 N–H and O–H groups in total. The Morgan fingerprint density at radius 2 is 2.21 bits per heavy atom. The third-order valence-corrected chi connectivity index (χ3v) is 3.26. The van der Waals surface area contributed by atoms with Gasteiger partial charge in [0, 0.05) is 18.5 Å². The minimum atomic E-state index is 0.255. The van der Waals surface area contributed by atoms with Crippen molar-refractivity contribution in [2.45, 2.75) is 38.6 Å². The molecule has 14 heavy (non-hydrogen) atoms. The number of carbonyl (C=O) groups excluding carboxylic acids is 1. The summed E-state index contributed by atoms with van der Waals surface area (Å²) in [7, 11) is 0. The second-order valence-electron chi connectivity index (χ2n) is 4.76. The number of amides is 1. The van der Waals surface area contributed by atoms with E-state index in [2.05, 4.69) is 17.6 Å². The summed E-state index contributed by atoms with van der Waals surface area (Å²) in [6.07, 6.45) is 4.61. The predicted molar refractivity (Wildman–Crippen MR) is 55.9 cm³/mol. The first-order valence-corrected chi connectivity index (χ1v) is 5.77. The van der Waals surface area contributed by atoms with Crippen LogP contribution in [0.5, 0.6) is 0 Å². The van der Waals surface area contributed by atoms with Crippen LogP contribution in [0, 0.1) is 11.8 Å². The van der Waals surface area contributed by atoms with Crippen molar-refractivity contribution in [1.29, 1.82) is 0 Å². The Morgan fingerprint density at radius 3 is 2.86 bits per heavy atom. The van der Waals surface area contributed by atoms with E-state index in [-0.39, 0.29) is 11.8 Å². The largest absolute Gasteiger partial charge is 0.356 e. The van der Waals surface area contributed by atoms with E-state index in [0.717, 1.165) is 31.8 Å². The highest BCUT2D eigenvalue weighted by Crippen LogP contribution is 2.27. The van der Waals surface area contributed by atoms with E-state index >= 15 is 0 Å². The second-order valence-corrected chi connectivity index (χ2v) is 4.76. The summed E-state index contributed by atoms with van der Waals surface area (Å²) in [5, 5.41) is 6.43. The van der Waals surface area contributed by atoms with Gasteiger partial charge in [-0.2, -0.15) is 0 Å². The molecule has 1 heterocycles. The van der Waals surface area contributed by atoms with Crippen LogP contribution in [0.4, 0.5) is 0 Å². The highest BCUT2D eigenvalue weighted by atomic mass is 16.1. The van der Waals surface area contributed by atoms with E-state index in [4.69, 9.17) is 0 Å². The Balaban J connectivity index is 1.71. The van der Waals surface area contributed by atoms with E-state index < -0.39 is 0 Å². The van der Waals surface area contributed by atoms with Crippen LogP contribution < -0.4 is 10.6 Å². The molecule has 1 saturated heterocycles. The lowest BCUT2D eigenvalue weighted by molar-refractivity contribution is -0.126. The molecule has 1 aliphatic heterocycles. The molecule has 80 valence electrons. The van der Waals surface area contributed by atoms with E-state index in [1.54, 1.807) is 0 Å². The van der Waals surface area contributed by atoms with Crippen molar-refractivity contribution < 1.29 is 4.79 Å². The highest BCUT2D eigenvalue weighted by Gasteiger charge is 2.27. The number of hydrogen-bond donors (Lipinski definition) is 2. The molecule has 0 aromatic heterocycles. The molecule has 1 saturated carbocycles. The van der Waals surface area contributed by atoms with Crippen molar-refractivity contribution in [3.05, 3.63) is 0 Å². The van der Waals surface area contributed by atoms with Gasteiger partial charge >= 0.3 is 0 Å². The zero-order chi connectivity index (χ0) is 9.97. The van der Waals surface area contributed by atoms with Gasteiger partial charge in [-0.1, -0.05) is 0 Å². The maximum Gasteiger partial charge on any atom is 0.223 e. The summed E-state index contributed by atoms with van der Waals surface area (Å²) in [5.41, 5.74) is 0. The van der Waals surface area contributed by atoms with Crippen LogP contribution in [0.15, 0.2) is 0 Å². The molecule has 0 aromatic rings. The van der Waals surface area contributed by atoms with Crippen molar-refractivity contribution in [3.8, 4) is 0 Å². The first-order valence-electron chi connectivity index (χ1n) is 5.77. The Labute approximate surface area is 85.6 Å². The fourth-order valence-electron chi connectivity index (χ4n) is 2.08. The van der Waals surface area contributed by atoms with Crippen LogP contribution in [0.25, 0.3) is 0 Å². The molecule has 2 atom stereocenters. The Hall–Kier alpha value is -0.570. The van der Waals surface area contributed by atoms with Crippen molar-refractivity contribution in [1.82, 2.24) is 10.6 Å². The van der Waals surface area contributed by atoms with Crippen LogP contribution in [0.1, 0.15) is 32.6 Å². The summed E-state index contributed by atoms with van der Waals surface area (Å²) in [4.78, 5) is 11.7. The Kier molecular flexibility index (Phi) is 3.06. The first-order chi connectivity index (χ1) is 6.75. The lowest BCUT2D eigenvalue weighted by Crippen LogP contribution is -2.42. The quantitative estimate of drug-likeness (QED) is 0.704. The van der Waals surface area contributed by atoms with E-state index in [1.807, 2.05) is 0 Å². The third kappa shape index (κ3) is 2.71. The molecule has 2 unspecified atom stereocenters. The number of piperidine rings is 1. The van der Waals surface area contributed by atoms with Gasteiger partial charge in [-0.05, 0) is 45.1 Å². The lowest BCUT2D eigenvalue weighted by atomic mass is 9.92. The number of hydrogen-bond acceptors (Lipinski definition) is 2. The maximum atomic E-state index is 11.7. The average Bonchev–Trinajstić information content (AvgIpc) is 2.97. The molecule has 0 aromatic carbocycles. The monoisotopic (exact) mass is 196 g/mol. The number of nitrogens with one attached hydrogen (secondary N) is 2. The third-order valence-electron chi connectivity index (χ3n) is 3.26. The molecule has 3 heteroatoms. The van der Waals surface area contributed by atoms with Gasteiger partial charge in [0.2, 0.25) is 5.91 Å². The molecular weight excluding hydrogens is 176 g/mol. The SMILES string of the molecule is CC1CC(C(=O)NCC2CC2)CCN1.